The number of hydrogen-bond acceptors (Lipinski definition) is 3. The number of carbonyl (C=O) groups excluding carboxylic acids is 1. The van der Waals surface area contributed by atoms with Gasteiger partial charge in [0.15, 0.2) is 0 Å². The average Bonchev–Trinajstić information content (AvgIpc) is 2.58. The van der Waals surface area contributed by atoms with Gasteiger partial charge in [-0.3, -0.25) is 4.79 Å². The van der Waals surface area contributed by atoms with Gasteiger partial charge in [0.05, 0.1) is 5.56 Å². The van der Waals surface area contributed by atoms with Crippen molar-refractivity contribution >= 4 is 29.9 Å². The van der Waals surface area contributed by atoms with Crippen molar-refractivity contribution < 1.29 is 9.53 Å². The maximum Gasteiger partial charge on any atom is 0.255 e. The Morgan fingerprint density at radius 1 is 1.08 bits per heavy atom. The first-order chi connectivity index (χ1) is 11.2. The van der Waals surface area contributed by atoms with Gasteiger partial charge in [-0.05, 0) is 37.6 Å². The number of unbranched alkanes of at least 4 members (excludes halogenated alkanes) is 1. The number of benzene rings is 2. The van der Waals surface area contributed by atoms with Crippen LogP contribution in [0.5, 0.6) is 5.75 Å². The highest BCUT2D eigenvalue weighted by molar-refractivity contribution is 6.31. The molecular weight excluding hydrogens is 347 g/mol. The van der Waals surface area contributed by atoms with Crippen molar-refractivity contribution in [3.8, 4) is 5.75 Å². The van der Waals surface area contributed by atoms with Crippen LogP contribution in [0.4, 0.5) is 0 Å². The van der Waals surface area contributed by atoms with Gasteiger partial charge in [0.1, 0.15) is 12.4 Å². The average molecular weight is 369 g/mol. The zero-order chi connectivity index (χ0) is 16.5. The third kappa shape index (κ3) is 6.04. The number of amides is 1. The molecule has 130 valence electrons. The van der Waals surface area contributed by atoms with Crippen LogP contribution in [0.1, 0.15) is 28.8 Å². The number of nitrogens with one attached hydrogen (secondary N) is 1. The first kappa shape index (κ1) is 20.3. The highest BCUT2D eigenvalue weighted by Crippen LogP contribution is 2.22. The van der Waals surface area contributed by atoms with Gasteiger partial charge in [-0.1, -0.05) is 41.9 Å². The zero-order valence-corrected chi connectivity index (χ0v) is 14.9. The zero-order valence-electron chi connectivity index (χ0n) is 13.3. The molecule has 2 aromatic carbocycles. The van der Waals surface area contributed by atoms with Crippen molar-refractivity contribution in [3.63, 3.8) is 0 Å². The van der Waals surface area contributed by atoms with E-state index in [1.54, 1.807) is 12.1 Å². The summed E-state index contributed by atoms with van der Waals surface area (Å²) in [5.74, 6) is 0.403. The van der Waals surface area contributed by atoms with Crippen molar-refractivity contribution in [1.82, 2.24) is 5.32 Å². The molecule has 2 rings (SSSR count). The first-order valence-electron chi connectivity index (χ1n) is 7.66. The van der Waals surface area contributed by atoms with Crippen molar-refractivity contribution in [2.24, 2.45) is 5.73 Å². The van der Waals surface area contributed by atoms with Crippen LogP contribution in [-0.2, 0) is 6.61 Å². The summed E-state index contributed by atoms with van der Waals surface area (Å²) in [4.78, 5) is 12.3. The maximum absolute atomic E-state index is 12.3. The highest BCUT2D eigenvalue weighted by atomic mass is 35.5. The molecule has 1 amide bonds. The minimum atomic E-state index is -0.142. The molecule has 6 heteroatoms. The number of ether oxygens (including phenoxy) is 1. The monoisotopic (exact) mass is 368 g/mol. The molecule has 4 nitrogen and oxygen atoms in total. The molecule has 24 heavy (non-hydrogen) atoms. The van der Waals surface area contributed by atoms with Crippen LogP contribution in [0.2, 0.25) is 5.02 Å². The van der Waals surface area contributed by atoms with E-state index in [1.807, 2.05) is 36.4 Å². The Hall–Kier alpha value is -1.75. The predicted octanol–water partition coefficient (Wildman–Crippen LogP) is 3.81. The summed E-state index contributed by atoms with van der Waals surface area (Å²) in [6.45, 7) is 1.55. The van der Waals surface area contributed by atoms with Crippen LogP contribution in [0.15, 0.2) is 48.5 Å². The molecule has 0 fully saturated rings. The lowest BCUT2D eigenvalue weighted by molar-refractivity contribution is 0.0948. The van der Waals surface area contributed by atoms with Gasteiger partial charge in [0.25, 0.3) is 5.91 Å². The molecule has 0 radical (unpaired) electrons. The van der Waals surface area contributed by atoms with Gasteiger partial charge in [0.2, 0.25) is 0 Å². The fourth-order valence-corrected chi connectivity index (χ4v) is 2.31. The van der Waals surface area contributed by atoms with Crippen LogP contribution in [-0.4, -0.2) is 19.0 Å². The second-order valence-corrected chi connectivity index (χ2v) is 5.54. The van der Waals surface area contributed by atoms with Crippen LogP contribution in [0.25, 0.3) is 0 Å². The quantitative estimate of drug-likeness (QED) is 0.696. The molecule has 3 N–H and O–H groups in total. The van der Waals surface area contributed by atoms with Gasteiger partial charge in [-0.15, -0.1) is 12.4 Å². The second kappa shape index (κ2) is 10.9. The third-order valence-corrected chi connectivity index (χ3v) is 3.76. The third-order valence-electron chi connectivity index (χ3n) is 3.39. The Morgan fingerprint density at radius 2 is 1.79 bits per heavy atom. The Kier molecular flexibility index (Phi) is 9.23. The van der Waals surface area contributed by atoms with Crippen molar-refractivity contribution in [3.05, 3.63) is 64.7 Å². The minimum Gasteiger partial charge on any atom is -0.488 e. The summed E-state index contributed by atoms with van der Waals surface area (Å²) in [6.07, 6.45) is 1.76. The number of nitrogens with two attached hydrogens (primary N) is 1. The summed E-state index contributed by atoms with van der Waals surface area (Å²) in [5.41, 5.74) is 6.85. The van der Waals surface area contributed by atoms with E-state index in [1.165, 1.54) is 0 Å². The molecule has 0 saturated heterocycles. The largest absolute Gasteiger partial charge is 0.488 e. The van der Waals surface area contributed by atoms with E-state index < -0.39 is 0 Å². The molecule has 0 aliphatic rings. The molecule has 0 heterocycles. The van der Waals surface area contributed by atoms with Crippen molar-refractivity contribution in [1.29, 1.82) is 0 Å². The van der Waals surface area contributed by atoms with E-state index in [0.29, 0.717) is 36.0 Å². The molecule has 0 atom stereocenters. The summed E-state index contributed by atoms with van der Waals surface area (Å²) < 4.78 is 5.79. The van der Waals surface area contributed by atoms with E-state index in [2.05, 4.69) is 5.32 Å². The molecule has 2 aromatic rings. The molecule has 0 unspecified atom stereocenters. The Labute approximate surface area is 153 Å². The minimum absolute atomic E-state index is 0. The topological polar surface area (TPSA) is 64.3 Å². The molecule has 0 aliphatic heterocycles. The van der Waals surface area contributed by atoms with Gasteiger partial charge >= 0.3 is 0 Å². The fraction of sp³-hybridized carbons (Fsp3) is 0.278. The second-order valence-electron chi connectivity index (χ2n) is 5.13. The molecule has 0 aromatic heterocycles. The van der Waals surface area contributed by atoms with Crippen molar-refractivity contribution in [2.45, 2.75) is 19.4 Å². The van der Waals surface area contributed by atoms with Crippen LogP contribution < -0.4 is 15.8 Å². The van der Waals surface area contributed by atoms with E-state index in [0.717, 1.165) is 18.4 Å². The van der Waals surface area contributed by atoms with Gasteiger partial charge in [-0.2, -0.15) is 0 Å². The van der Waals surface area contributed by atoms with Gasteiger partial charge < -0.3 is 15.8 Å². The molecule has 0 spiro atoms. The number of halogens is 2. The molecule has 0 aliphatic carbocycles. The molecule has 0 bridgehead atoms. The smallest absolute Gasteiger partial charge is 0.255 e. The number of hydrogen-bond donors (Lipinski definition) is 2. The number of carbonyl (C=O) groups is 1. The van der Waals surface area contributed by atoms with E-state index in [9.17, 15) is 4.79 Å². The van der Waals surface area contributed by atoms with Gasteiger partial charge in [-0.25, -0.2) is 0 Å². The maximum atomic E-state index is 12.3. The van der Waals surface area contributed by atoms with Crippen LogP contribution in [0.3, 0.4) is 0 Å². The van der Waals surface area contributed by atoms with E-state index in [-0.39, 0.29) is 18.3 Å². The standard InChI is InChI=1S/C18H21ClN2O2.ClH/c19-16-9-3-1-7-14(16)13-23-17-10-4-2-8-15(17)18(22)21-12-6-5-11-20;/h1-4,7-10H,5-6,11-13,20H2,(H,21,22);1H. The molecular formula is C18H22Cl2N2O2. The Morgan fingerprint density at radius 3 is 2.54 bits per heavy atom. The fourth-order valence-electron chi connectivity index (χ4n) is 2.12. The summed E-state index contributed by atoms with van der Waals surface area (Å²) in [7, 11) is 0. The highest BCUT2D eigenvalue weighted by Gasteiger charge is 2.12. The lowest BCUT2D eigenvalue weighted by atomic mass is 10.1. The summed E-state index contributed by atoms with van der Waals surface area (Å²) in [6, 6.07) is 14.7. The van der Waals surface area contributed by atoms with Gasteiger partial charge in [0, 0.05) is 17.1 Å². The lowest BCUT2D eigenvalue weighted by Gasteiger charge is -2.12. The number of rotatable bonds is 8. The van der Waals surface area contributed by atoms with Crippen molar-refractivity contribution in [2.75, 3.05) is 13.1 Å². The normalized spacial score (nSPS) is 9.92. The predicted molar refractivity (Wildman–Crippen MR) is 100 cm³/mol. The molecule has 0 saturated carbocycles. The number of para-hydroxylation sites is 1. The van der Waals surface area contributed by atoms with E-state index >= 15 is 0 Å². The Balaban J connectivity index is 0.00000288. The first-order valence-corrected chi connectivity index (χ1v) is 8.03. The summed E-state index contributed by atoms with van der Waals surface area (Å²) in [5, 5.41) is 3.53. The van der Waals surface area contributed by atoms with Crippen LogP contribution >= 0.6 is 24.0 Å². The lowest BCUT2D eigenvalue weighted by Crippen LogP contribution is -2.25. The van der Waals surface area contributed by atoms with Crippen LogP contribution in [0, 0.1) is 0 Å². The summed E-state index contributed by atoms with van der Waals surface area (Å²) >= 11 is 6.12. The van der Waals surface area contributed by atoms with E-state index in [4.69, 9.17) is 22.1 Å². The SMILES string of the molecule is Cl.NCCCCNC(=O)c1ccccc1OCc1ccccc1Cl. The Bertz CT molecular complexity index is 650.